The van der Waals surface area contributed by atoms with Crippen LogP contribution in [0.15, 0.2) is 132 Å². The van der Waals surface area contributed by atoms with Crippen LogP contribution in [0.4, 0.5) is 0 Å². The Hall–Kier alpha value is -3.11. The van der Waals surface area contributed by atoms with Gasteiger partial charge in [0.1, 0.15) is 0 Å². The number of hydrogen-bond acceptors (Lipinski definition) is 0. The Kier molecular flexibility index (Phi) is 7.21. The van der Waals surface area contributed by atoms with E-state index < -0.39 is 21.3 Å². The molecular weight excluding hydrogens is 803 g/mol. The zero-order valence-electron chi connectivity index (χ0n) is 27.3. The topological polar surface area (TPSA) is 0 Å². The molecule has 0 fully saturated rings. The van der Waals surface area contributed by atoms with E-state index in [0.29, 0.717) is 7.35 Å². The summed E-state index contributed by atoms with van der Waals surface area (Å²) in [7, 11) is 0. The summed E-state index contributed by atoms with van der Waals surface area (Å²) >= 11 is 0.908. The maximum absolute atomic E-state index is 4.97. The Morgan fingerprint density at radius 2 is 0.870 bits per heavy atom. The number of halogens is 1. The van der Waals surface area contributed by atoms with Crippen molar-refractivity contribution in [2.75, 3.05) is 0 Å². The van der Waals surface area contributed by atoms with Gasteiger partial charge in [-0.15, -0.1) is 0 Å². The van der Waals surface area contributed by atoms with Gasteiger partial charge in [-0.1, -0.05) is 0 Å². The molecule has 0 spiro atoms. The van der Waals surface area contributed by atoms with Gasteiger partial charge in [-0.25, -0.2) is 0 Å². The van der Waals surface area contributed by atoms with Crippen LogP contribution in [0.3, 0.4) is 0 Å². The van der Waals surface area contributed by atoms with E-state index >= 15 is 0 Å². The number of rotatable bonds is 5. The van der Waals surface area contributed by atoms with E-state index in [1.807, 2.05) is 0 Å². The standard InChI is InChI=1S/2C20H15.C2H7Si.CH3.BrH.Hf/c2*1-14-12-16-8-5-11-19(20(16)13-14)18-10-4-7-15-6-2-3-9-17(15)18;1-3-2;;;/h2*2-13H,1H3;3H,1-2H3;1H3;1H;/q;;;;;+1/p-1. The van der Waals surface area contributed by atoms with Crippen molar-refractivity contribution in [1.29, 1.82) is 0 Å². The zero-order chi connectivity index (χ0) is 31.8. The van der Waals surface area contributed by atoms with Gasteiger partial charge in [-0.3, -0.25) is 0 Å². The summed E-state index contributed by atoms with van der Waals surface area (Å²) in [6, 6.07) is 45.4. The maximum atomic E-state index is 4.97. The molecule has 2 unspecified atom stereocenters. The second-order valence-electron chi connectivity index (χ2n) is 14.4. The van der Waals surface area contributed by atoms with Gasteiger partial charge in [0.15, 0.2) is 0 Å². The fourth-order valence-corrected chi connectivity index (χ4v) is 59.7. The summed E-state index contributed by atoms with van der Waals surface area (Å²) in [5.41, 5.74) is 14.5. The quantitative estimate of drug-likeness (QED) is 0.152. The van der Waals surface area contributed by atoms with Crippen LogP contribution in [-0.4, -0.2) is 5.98 Å². The third kappa shape index (κ3) is 4.31. The number of hydrogen-bond donors (Lipinski definition) is 0. The van der Waals surface area contributed by atoms with Crippen LogP contribution < -0.4 is 0 Å². The SMILES string of the molecule is CC1=Cc2c(-c3cccc4ccccc34)cccc2[CH]1[Hf]([CH3])([Br])([CH]1C(C)=Cc2c(-c3cccc4ccccc34)cccc21)[SiH](C)C. The van der Waals surface area contributed by atoms with Crippen LogP contribution in [-0.2, 0) is 15.3 Å². The summed E-state index contributed by atoms with van der Waals surface area (Å²) in [6.45, 7) is 10.1. The van der Waals surface area contributed by atoms with Gasteiger partial charge in [-0.2, -0.15) is 0 Å². The summed E-state index contributed by atoms with van der Waals surface area (Å²) in [5.74, 6) is -1.22. The molecular formula is C43H40BrHfSi. The van der Waals surface area contributed by atoms with E-state index in [0.717, 1.165) is 0 Å². The Morgan fingerprint density at radius 1 is 0.500 bits per heavy atom. The normalized spacial score (nSPS) is 18.3. The Morgan fingerprint density at radius 3 is 1.30 bits per heavy atom. The molecule has 0 N–H and O–H groups in total. The first-order valence-electron chi connectivity index (χ1n) is 16.6. The molecule has 0 heterocycles. The average molecular weight is 843 g/mol. The molecule has 6 aromatic carbocycles. The monoisotopic (exact) mass is 843 g/mol. The molecule has 227 valence electrons. The molecule has 2 atom stereocenters. The van der Waals surface area contributed by atoms with Crippen LogP contribution in [0.5, 0.6) is 0 Å². The van der Waals surface area contributed by atoms with Crippen molar-refractivity contribution in [2.24, 2.45) is 0 Å². The first-order valence-corrected chi connectivity index (χ1v) is 41.3. The fourth-order valence-electron chi connectivity index (χ4n) is 9.27. The molecule has 46 heavy (non-hydrogen) atoms. The predicted molar refractivity (Wildman–Crippen MR) is 205 cm³/mol. The molecule has 2 aliphatic carbocycles. The van der Waals surface area contributed by atoms with Gasteiger partial charge in [0, 0.05) is 0 Å². The molecule has 2 aliphatic rings. The summed E-state index contributed by atoms with van der Waals surface area (Å²) in [6.07, 6.45) is 5.10. The Labute approximate surface area is 281 Å². The molecule has 0 bridgehead atoms. The van der Waals surface area contributed by atoms with E-state index in [4.69, 9.17) is 12.3 Å². The molecule has 0 amide bonds. The van der Waals surface area contributed by atoms with E-state index in [-0.39, 0.29) is 0 Å². The van der Waals surface area contributed by atoms with Crippen molar-refractivity contribution in [3.63, 3.8) is 0 Å². The minimum atomic E-state index is -4.06. The van der Waals surface area contributed by atoms with Crippen LogP contribution in [0.1, 0.15) is 43.5 Å². The summed E-state index contributed by atoms with van der Waals surface area (Å²) in [5, 5.41) is 5.26. The van der Waals surface area contributed by atoms with E-state index in [1.165, 1.54) is 54.9 Å². The Balaban J connectivity index is 1.32. The van der Waals surface area contributed by atoms with Crippen molar-refractivity contribution in [3.05, 3.63) is 155 Å². The molecule has 0 saturated heterocycles. The van der Waals surface area contributed by atoms with E-state index in [1.54, 1.807) is 22.3 Å². The van der Waals surface area contributed by atoms with Crippen molar-refractivity contribution < 1.29 is 15.3 Å². The van der Waals surface area contributed by atoms with Crippen LogP contribution in [0.2, 0.25) is 17.8 Å². The fraction of sp³-hybridized carbons (Fsp3) is 0.163. The molecule has 6 aromatic rings. The van der Waals surface area contributed by atoms with Gasteiger partial charge < -0.3 is 0 Å². The first-order chi connectivity index (χ1) is 22.2. The van der Waals surface area contributed by atoms with Crippen LogP contribution >= 0.6 is 12.3 Å². The molecule has 0 nitrogen and oxygen atoms in total. The van der Waals surface area contributed by atoms with E-state index in [9.17, 15) is 0 Å². The van der Waals surface area contributed by atoms with Crippen molar-refractivity contribution in [3.8, 4) is 22.3 Å². The molecule has 0 saturated carbocycles. The third-order valence-electron chi connectivity index (χ3n) is 11.6. The average Bonchev–Trinajstić information content (AvgIpc) is 3.60. The van der Waals surface area contributed by atoms with Crippen molar-refractivity contribution in [1.82, 2.24) is 0 Å². The predicted octanol–water partition coefficient (Wildman–Crippen LogP) is 13.0. The van der Waals surface area contributed by atoms with Gasteiger partial charge >= 0.3 is 283 Å². The molecule has 0 aromatic heterocycles. The molecule has 8 rings (SSSR count). The second kappa shape index (κ2) is 11.0. The first kappa shape index (κ1) is 30.2. The van der Waals surface area contributed by atoms with Gasteiger partial charge in [0.2, 0.25) is 0 Å². The number of benzene rings is 6. The van der Waals surface area contributed by atoms with Crippen molar-refractivity contribution in [2.45, 2.75) is 39.0 Å². The minimum absolute atomic E-state index is 0.467. The molecule has 3 heteroatoms. The van der Waals surface area contributed by atoms with Gasteiger partial charge in [0.05, 0.1) is 0 Å². The second-order valence-corrected chi connectivity index (χ2v) is 84.0. The summed E-state index contributed by atoms with van der Waals surface area (Å²) in [4.78, 5) is 0. The van der Waals surface area contributed by atoms with Gasteiger partial charge in [-0.05, 0) is 0 Å². The Bertz CT molecular complexity index is 2110. The third-order valence-corrected chi connectivity index (χ3v) is 97.5. The summed E-state index contributed by atoms with van der Waals surface area (Å²) < 4.78 is 3.72. The van der Waals surface area contributed by atoms with Crippen molar-refractivity contribution >= 4 is 52.0 Å². The molecule has 0 aliphatic heterocycles. The number of fused-ring (bicyclic) bond motifs is 4. The van der Waals surface area contributed by atoms with Crippen LogP contribution in [0, 0.1) is 0 Å². The van der Waals surface area contributed by atoms with Crippen LogP contribution in [0.25, 0.3) is 56.0 Å². The van der Waals surface area contributed by atoms with E-state index in [2.05, 4.69) is 165 Å². The number of allylic oxidation sites excluding steroid dienone is 2. The molecule has 0 radical (unpaired) electrons. The zero-order valence-corrected chi connectivity index (χ0v) is 33.6. The van der Waals surface area contributed by atoms with Gasteiger partial charge in [0.25, 0.3) is 0 Å².